The summed E-state index contributed by atoms with van der Waals surface area (Å²) >= 11 is 0. The Bertz CT molecular complexity index is 666. The Kier molecular flexibility index (Phi) is 5.31. The number of hydrogen-bond donors (Lipinski definition) is 2. The van der Waals surface area contributed by atoms with Gasteiger partial charge in [0.25, 0.3) is 0 Å². The zero-order valence-corrected chi connectivity index (χ0v) is 17.3. The van der Waals surface area contributed by atoms with E-state index in [0.29, 0.717) is 18.1 Å². The molecule has 0 aromatic heterocycles. The first-order valence-corrected chi connectivity index (χ1v) is 8.88. The molecule has 0 radical (unpaired) electrons. The molecule has 0 amide bonds. The van der Waals surface area contributed by atoms with Gasteiger partial charge in [0.15, 0.2) is 5.96 Å². The van der Waals surface area contributed by atoms with Gasteiger partial charge in [-0.25, -0.2) is 4.39 Å². The van der Waals surface area contributed by atoms with Crippen LogP contribution in [-0.2, 0) is 4.74 Å². The average molecular weight is 459 g/mol. The van der Waals surface area contributed by atoms with Gasteiger partial charge in [0.05, 0.1) is 6.10 Å². The van der Waals surface area contributed by atoms with E-state index in [9.17, 15) is 4.39 Å². The Morgan fingerprint density at radius 3 is 2.76 bits per heavy atom. The van der Waals surface area contributed by atoms with Gasteiger partial charge in [-0.3, -0.25) is 4.99 Å². The molecule has 4 nitrogen and oxygen atoms in total. The normalized spacial score (nSPS) is 35.2. The molecule has 2 saturated carbocycles. The van der Waals surface area contributed by atoms with Gasteiger partial charge in [-0.2, -0.15) is 0 Å². The van der Waals surface area contributed by atoms with Crippen molar-refractivity contribution in [3.05, 3.63) is 35.6 Å². The van der Waals surface area contributed by atoms with Crippen molar-refractivity contribution in [3.63, 3.8) is 0 Å². The van der Waals surface area contributed by atoms with Crippen LogP contribution in [0.5, 0.6) is 0 Å². The summed E-state index contributed by atoms with van der Waals surface area (Å²) in [5.41, 5.74) is 0.923. The predicted molar refractivity (Wildman–Crippen MR) is 108 cm³/mol. The molecular weight excluding hydrogens is 432 g/mol. The van der Waals surface area contributed by atoms with E-state index in [4.69, 9.17) is 4.74 Å². The average Bonchev–Trinajstić information content (AvgIpc) is 3.16. The van der Waals surface area contributed by atoms with Crippen molar-refractivity contribution >= 4 is 29.9 Å². The first-order chi connectivity index (χ1) is 11.5. The maximum Gasteiger partial charge on any atom is 0.191 e. The Hall–Kier alpha value is -0.890. The number of halogens is 2. The van der Waals surface area contributed by atoms with E-state index in [1.807, 2.05) is 12.1 Å². The zero-order valence-electron chi connectivity index (χ0n) is 15.0. The minimum Gasteiger partial charge on any atom is -0.377 e. The Balaban J connectivity index is 0.00000182. The fraction of sp³-hybridized carbons (Fsp3) is 0.632. The number of ether oxygens (including phenoxy) is 1. The van der Waals surface area contributed by atoms with Gasteiger partial charge in [0, 0.05) is 43.0 Å². The van der Waals surface area contributed by atoms with E-state index >= 15 is 0 Å². The highest BCUT2D eigenvalue weighted by Crippen LogP contribution is 2.52. The van der Waals surface area contributed by atoms with Crippen molar-refractivity contribution in [2.45, 2.75) is 50.8 Å². The largest absolute Gasteiger partial charge is 0.377 e. The maximum absolute atomic E-state index is 13.9. The van der Waals surface area contributed by atoms with Gasteiger partial charge < -0.3 is 15.4 Å². The first kappa shape index (κ1) is 18.9. The quantitative estimate of drug-likeness (QED) is 0.415. The lowest BCUT2D eigenvalue weighted by Gasteiger charge is -2.54. The first-order valence-electron chi connectivity index (χ1n) is 8.88. The third-order valence-corrected chi connectivity index (χ3v) is 6.03. The second kappa shape index (κ2) is 7.02. The predicted octanol–water partition coefficient (Wildman–Crippen LogP) is 3.28. The Morgan fingerprint density at radius 1 is 1.28 bits per heavy atom. The molecule has 3 fully saturated rings. The number of nitrogens with one attached hydrogen (secondary N) is 2. The lowest BCUT2D eigenvalue weighted by molar-refractivity contribution is -0.106. The van der Waals surface area contributed by atoms with Gasteiger partial charge in [0.1, 0.15) is 5.82 Å². The van der Waals surface area contributed by atoms with Gasteiger partial charge in [-0.1, -0.05) is 32.0 Å². The topological polar surface area (TPSA) is 45.7 Å². The van der Waals surface area contributed by atoms with Gasteiger partial charge >= 0.3 is 0 Å². The molecule has 0 bridgehead atoms. The van der Waals surface area contributed by atoms with Crippen molar-refractivity contribution in [1.82, 2.24) is 10.6 Å². The fourth-order valence-electron chi connectivity index (χ4n) is 4.58. The van der Waals surface area contributed by atoms with Crippen LogP contribution in [0.2, 0.25) is 0 Å². The van der Waals surface area contributed by atoms with E-state index in [0.717, 1.165) is 31.0 Å². The summed E-state index contributed by atoms with van der Waals surface area (Å²) in [5.74, 6) is 1.52. The van der Waals surface area contributed by atoms with E-state index in [1.54, 1.807) is 13.1 Å². The number of rotatable bonds is 3. The summed E-state index contributed by atoms with van der Waals surface area (Å²) in [4.78, 5) is 4.38. The smallest absolute Gasteiger partial charge is 0.191 e. The number of nitrogens with zero attached hydrogens (tertiary/aromatic N) is 1. The van der Waals surface area contributed by atoms with Crippen LogP contribution in [0.15, 0.2) is 29.3 Å². The molecule has 5 atom stereocenters. The number of hydrogen-bond acceptors (Lipinski definition) is 2. The molecule has 6 heteroatoms. The van der Waals surface area contributed by atoms with Crippen LogP contribution >= 0.6 is 24.0 Å². The van der Waals surface area contributed by atoms with Crippen LogP contribution in [0.25, 0.3) is 0 Å². The van der Waals surface area contributed by atoms with E-state index < -0.39 is 0 Å². The summed E-state index contributed by atoms with van der Waals surface area (Å²) in [5, 5.41) is 7.05. The molecule has 1 heterocycles. The minimum atomic E-state index is -0.110. The highest BCUT2D eigenvalue weighted by atomic mass is 127. The lowest BCUT2D eigenvalue weighted by atomic mass is 9.57. The molecule has 5 unspecified atom stereocenters. The van der Waals surface area contributed by atoms with Crippen molar-refractivity contribution in [1.29, 1.82) is 0 Å². The zero-order chi connectivity index (χ0) is 16.9. The van der Waals surface area contributed by atoms with Crippen molar-refractivity contribution < 1.29 is 9.13 Å². The Labute approximate surface area is 166 Å². The molecule has 3 aliphatic rings. The molecule has 1 saturated heterocycles. The van der Waals surface area contributed by atoms with Crippen LogP contribution in [0.3, 0.4) is 0 Å². The summed E-state index contributed by atoms with van der Waals surface area (Å²) < 4.78 is 19.8. The van der Waals surface area contributed by atoms with Crippen LogP contribution < -0.4 is 10.6 Å². The van der Waals surface area contributed by atoms with Gasteiger partial charge in [-0.05, 0) is 24.5 Å². The van der Waals surface area contributed by atoms with Crippen LogP contribution in [0, 0.1) is 17.2 Å². The fourth-order valence-corrected chi connectivity index (χ4v) is 4.58. The molecule has 1 aromatic carbocycles. The van der Waals surface area contributed by atoms with Crippen LogP contribution in [-0.4, -0.2) is 37.8 Å². The second-order valence-electron chi connectivity index (χ2n) is 7.87. The van der Waals surface area contributed by atoms with Crippen molar-refractivity contribution in [2.75, 3.05) is 13.7 Å². The molecule has 1 aliphatic heterocycles. The van der Waals surface area contributed by atoms with E-state index in [2.05, 4.69) is 29.5 Å². The molecule has 2 aliphatic carbocycles. The summed E-state index contributed by atoms with van der Waals surface area (Å²) in [6.07, 6.45) is 2.43. The summed E-state index contributed by atoms with van der Waals surface area (Å²) in [7, 11) is 1.80. The molecule has 138 valence electrons. The molecule has 2 N–H and O–H groups in total. The molecule has 0 spiro atoms. The van der Waals surface area contributed by atoms with Crippen LogP contribution in [0.4, 0.5) is 4.39 Å². The Morgan fingerprint density at radius 2 is 2.04 bits per heavy atom. The monoisotopic (exact) mass is 459 g/mol. The maximum atomic E-state index is 13.9. The number of fused-ring (bicyclic) bond motifs is 1. The lowest BCUT2D eigenvalue weighted by Crippen LogP contribution is -2.68. The van der Waals surface area contributed by atoms with Crippen LogP contribution in [0.1, 0.15) is 38.2 Å². The van der Waals surface area contributed by atoms with E-state index in [-0.39, 0.29) is 47.2 Å². The van der Waals surface area contributed by atoms with E-state index in [1.165, 1.54) is 6.07 Å². The summed E-state index contributed by atoms with van der Waals surface area (Å²) in [6.45, 7) is 5.37. The number of guanidine groups is 1. The third kappa shape index (κ3) is 3.27. The second-order valence-corrected chi connectivity index (χ2v) is 7.87. The SMILES string of the molecule is CN=C(NC1CC1c1ccccc1F)NC1C2CCOC2C1(C)C.I. The molecular formula is C19H27FIN3O. The van der Waals surface area contributed by atoms with Crippen molar-refractivity contribution in [3.8, 4) is 0 Å². The highest BCUT2D eigenvalue weighted by molar-refractivity contribution is 14.0. The van der Waals surface area contributed by atoms with Crippen molar-refractivity contribution in [2.24, 2.45) is 16.3 Å². The standard InChI is InChI=1S/C19H26FN3O.HI/c1-19(2)16(12-8-9-24-17(12)19)23-18(21-3)22-15-10-13(15)11-6-4-5-7-14(11)20;/h4-7,12-13,15-17H,8-10H2,1-3H3,(H2,21,22,23);1H. The molecule has 4 rings (SSSR count). The molecule has 25 heavy (non-hydrogen) atoms. The molecule has 1 aromatic rings. The minimum absolute atomic E-state index is 0. The highest BCUT2D eigenvalue weighted by Gasteiger charge is 2.59. The number of benzene rings is 1. The van der Waals surface area contributed by atoms with Gasteiger partial charge in [0.2, 0.25) is 0 Å². The number of aliphatic imine (C=N–C) groups is 1. The third-order valence-electron chi connectivity index (χ3n) is 6.03. The van der Waals surface area contributed by atoms with Gasteiger partial charge in [-0.15, -0.1) is 24.0 Å². The summed E-state index contributed by atoms with van der Waals surface area (Å²) in [6, 6.07) is 7.69.